The van der Waals surface area contributed by atoms with Crippen LogP contribution in [0.5, 0.6) is 0 Å². The van der Waals surface area contributed by atoms with Gasteiger partial charge in [-0.2, -0.15) is 0 Å². The van der Waals surface area contributed by atoms with Crippen molar-refractivity contribution in [1.29, 1.82) is 0 Å². The minimum atomic E-state index is -3.59. The van der Waals surface area contributed by atoms with Gasteiger partial charge in [-0.1, -0.05) is 72.3 Å². The first-order chi connectivity index (χ1) is 13.0. The molecule has 5 heteroatoms. The molecule has 3 rings (SSSR count). The molecule has 3 aromatic carbocycles. The van der Waals surface area contributed by atoms with Crippen molar-refractivity contribution in [3.05, 3.63) is 90.0 Å². The summed E-state index contributed by atoms with van der Waals surface area (Å²) < 4.78 is 27.9. The van der Waals surface area contributed by atoms with Crippen LogP contribution < -0.4 is 4.72 Å². The Balaban J connectivity index is 1.70. The molecule has 0 saturated carbocycles. The van der Waals surface area contributed by atoms with Gasteiger partial charge < -0.3 is 0 Å². The van der Waals surface area contributed by atoms with Crippen molar-refractivity contribution < 1.29 is 8.42 Å². The summed E-state index contributed by atoms with van der Waals surface area (Å²) in [6, 6.07) is 24.7. The summed E-state index contributed by atoms with van der Waals surface area (Å²) in [5.41, 5.74) is 4.33. The molecule has 0 fully saturated rings. The Kier molecular flexibility index (Phi) is 6.32. The number of rotatable bonds is 7. The van der Waals surface area contributed by atoms with E-state index in [1.807, 2.05) is 49.4 Å². The summed E-state index contributed by atoms with van der Waals surface area (Å²) in [6.45, 7) is 1.92. The lowest BCUT2D eigenvalue weighted by Crippen LogP contribution is -2.37. The summed E-state index contributed by atoms with van der Waals surface area (Å²) >= 11 is 6.04. The second-order valence-electron chi connectivity index (χ2n) is 6.55. The summed E-state index contributed by atoms with van der Waals surface area (Å²) in [7, 11) is -3.59. The number of halogens is 1. The number of hydrogen-bond donors (Lipinski definition) is 1. The molecule has 0 amide bonds. The van der Waals surface area contributed by atoms with E-state index in [1.54, 1.807) is 24.3 Å². The fourth-order valence-electron chi connectivity index (χ4n) is 2.88. The maximum atomic E-state index is 12.6. The standard InChI is InChI=1S/C22H22ClNO2S/c1-17-7-13-22(14-8-17)27(25,26)24-21(16-23)15-18-9-11-20(12-10-18)19-5-3-2-4-6-19/h2-14,21,24H,15-16H2,1H3/t21-/m1/s1. The van der Waals surface area contributed by atoms with Gasteiger partial charge in [-0.25, -0.2) is 13.1 Å². The SMILES string of the molecule is Cc1ccc(S(=O)(=O)N[C@@H](CCl)Cc2ccc(-c3ccccc3)cc2)cc1. The molecule has 0 aliphatic rings. The van der Waals surface area contributed by atoms with Crippen LogP contribution in [0.4, 0.5) is 0 Å². The fraction of sp³-hybridized carbons (Fsp3) is 0.182. The van der Waals surface area contributed by atoms with Crippen LogP contribution in [0.2, 0.25) is 0 Å². The minimum absolute atomic E-state index is 0.200. The summed E-state index contributed by atoms with van der Waals surface area (Å²) in [4.78, 5) is 0.252. The lowest BCUT2D eigenvalue weighted by Gasteiger charge is -2.17. The number of benzene rings is 3. The van der Waals surface area contributed by atoms with Crippen LogP contribution in [0.15, 0.2) is 83.8 Å². The molecule has 0 aliphatic carbocycles. The maximum absolute atomic E-state index is 12.6. The van der Waals surface area contributed by atoms with Crippen LogP contribution in [-0.2, 0) is 16.4 Å². The summed E-state index contributed by atoms with van der Waals surface area (Å²) in [5, 5.41) is 0. The van der Waals surface area contributed by atoms with Crippen LogP contribution in [-0.4, -0.2) is 20.3 Å². The van der Waals surface area contributed by atoms with Crippen LogP contribution in [0.3, 0.4) is 0 Å². The minimum Gasteiger partial charge on any atom is -0.207 e. The van der Waals surface area contributed by atoms with Crippen LogP contribution in [0, 0.1) is 6.92 Å². The molecule has 0 spiro atoms. The van der Waals surface area contributed by atoms with E-state index < -0.39 is 10.0 Å². The molecule has 0 radical (unpaired) electrons. The van der Waals surface area contributed by atoms with Gasteiger partial charge >= 0.3 is 0 Å². The largest absolute Gasteiger partial charge is 0.240 e. The highest BCUT2D eigenvalue weighted by Crippen LogP contribution is 2.20. The average molecular weight is 400 g/mol. The Bertz CT molecular complexity index is 969. The van der Waals surface area contributed by atoms with Crippen molar-refractivity contribution in [1.82, 2.24) is 4.72 Å². The first-order valence-electron chi connectivity index (χ1n) is 8.77. The third-order valence-corrected chi connectivity index (χ3v) is 6.29. The summed E-state index contributed by atoms with van der Waals surface area (Å²) in [5.74, 6) is 0.200. The second kappa shape index (κ2) is 8.70. The van der Waals surface area contributed by atoms with E-state index in [-0.39, 0.29) is 16.8 Å². The molecular formula is C22H22ClNO2S. The molecule has 0 unspecified atom stereocenters. The van der Waals surface area contributed by atoms with Gasteiger partial charge in [0.15, 0.2) is 0 Å². The van der Waals surface area contributed by atoms with Gasteiger partial charge in [0.25, 0.3) is 0 Å². The Hall–Kier alpha value is -2.14. The fourth-order valence-corrected chi connectivity index (χ4v) is 4.39. The molecular weight excluding hydrogens is 378 g/mol. The van der Waals surface area contributed by atoms with Crippen LogP contribution >= 0.6 is 11.6 Å². The van der Waals surface area contributed by atoms with Gasteiger partial charge in [-0.3, -0.25) is 0 Å². The van der Waals surface area contributed by atoms with Crippen LogP contribution in [0.25, 0.3) is 11.1 Å². The molecule has 27 heavy (non-hydrogen) atoms. The Morgan fingerprint density at radius 1 is 0.852 bits per heavy atom. The number of hydrogen-bond acceptors (Lipinski definition) is 2. The zero-order chi connectivity index (χ0) is 19.3. The van der Waals surface area contributed by atoms with E-state index in [2.05, 4.69) is 16.9 Å². The van der Waals surface area contributed by atoms with E-state index in [4.69, 9.17) is 11.6 Å². The van der Waals surface area contributed by atoms with Gasteiger partial charge in [0.05, 0.1) is 4.90 Å². The molecule has 0 heterocycles. The van der Waals surface area contributed by atoms with Gasteiger partial charge in [0.1, 0.15) is 0 Å². The van der Waals surface area contributed by atoms with Crippen LogP contribution in [0.1, 0.15) is 11.1 Å². The quantitative estimate of drug-likeness (QED) is 0.580. The molecule has 0 bridgehead atoms. The highest BCUT2D eigenvalue weighted by molar-refractivity contribution is 7.89. The zero-order valence-electron chi connectivity index (χ0n) is 15.1. The molecule has 140 valence electrons. The van der Waals surface area contributed by atoms with E-state index in [9.17, 15) is 8.42 Å². The van der Waals surface area contributed by atoms with Crippen molar-refractivity contribution in [3.8, 4) is 11.1 Å². The van der Waals surface area contributed by atoms with Crippen molar-refractivity contribution in [3.63, 3.8) is 0 Å². The number of aryl methyl sites for hydroxylation is 1. The van der Waals surface area contributed by atoms with Crippen molar-refractivity contribution >= 4 is 21.6 Å². The van der Waals surface area contributed by atoms with Crippen molar-refractivity contribution in [2.24, 2.45) is 0 Å². The molecule has 0 saturated heterocycles. The van der Waals surface area contributed by atoms with Gasteiger partial charge in [0, 0.05) is 11.9 Å². The normalized spacial score (nSPS) is 12.7. The molecule has 1 atom stereocenters. The number of alkyl halides is 1. The van der Waals surface area contributed by atoms with E-state index >= 15 is 0 Å². The van der Waals surface area contributed by atoms with Gasteiger partial charge in [-0.15, -0.1) is 11.6 Å². The predicted molar refractivity (Wildman–Crippen MR) is 112 cm³/mol. The Morgan fingerprint density at radius 3 is 2.04 bits per heavy atom. The number of nitrogens with one attached hydrogen (secondary N) is 1. The van der Waals surface area contributed by atoms with Gasteiger partial charge in [0.2, 0.25) is 10.0 Å². The topological polar surface area (TPSA) is 46.2 Å². The highest BCUT2D eigenvalue weighted by Gasteiger charge is 2.19. The smallest absolute Gasteiger partial charge is 0.207 e. The molecule has 3 aromatic rings. The molecule has 0 aliphatic heterocycles. The van der Waals surface area contributed by atoms with Crippen molar-refractivity contribution in [2.45, 2.75) is 24.3 Å². The monoisotopic (exact) mass is 399 g/mol. The maximum Gasteiger partial charge on any atom is 0.240 e. The highest BCUT2D eigenvalue weighted by atomic mass is 35.5. The molecule has 3 nitrogen and oxygen atoms in total. The molecule has 0 aromatic heterocycles. The first kappa shape index (κ1) is 19.6. The average Bonchev–Trinajstić information content (AvgIpc) is 2.69. The van der Waals surface area contributed by atoms with E-state index in [1.165, 1.54) is 0 Å². The lowest BCUT2D eigenvalue weighted by molar-refractivity contribution is 0.561. The lowest BCUT2D eigenvalue weighted by atomic mass is 10.0. The van der Waals surface area contributed by atoms with E-state index in [0.29, 0.717) is 6.42 Å². The molecule has 1 N–H and O–H groups in total. The Morgan fingerprint density at radius 2 is 1.44 bits per heavy atom. The Labute approximate surface area is 166 Å². The zero-order valence-corrected chi connectivity index (χ0v) is 16.7. The number of sulfonamides is 1. The van der Waals surface area contributed by atoms with Gasteiger partial charge in [-0.05, 0) is 42.2 Å². The third-order valence-electron chi connectivity index (χ3n) is 4.38. The predicted octanol–water partition coefficient (Wildman–Crippen LogP) is 4.79. The third kappa shape index (κ3) is 5.19. The van der Waals surface area contributed by atoms with Crippen molar-refractivity contribution in [2.75, 3.05) is 5.88 Å². The van der Waals surface area contributed by atoms with E-state index in [0.717, 1.165) is 22.3 Å². The summed E-state index contributed by atoms with van der Waals surface area (Å²) in [6.07, 6.45) is 0.531. The second-order valence-corrected chi connectivity index (χ2v) is 8.58. The first-order valence-corrected chi connectivity index (χ1v) is 10.8.